The van der Waals surface area contributed by atoms with E-state index in [-0.39, 0.29) is 6.61 Å². The Hall–Kier alpha value is -0.160. The van der Waals surface area contributed by atoms with Crippen molar-refractivity contribution < 1.29 is 10.2 Å². The zero-order valence-electron chi connectivity index (χ0n) is 8.95. The zero-order valence-corrected chi connectivity index (χ0v) is 8.95. The van der Waals surface area contributed by atoms with Gasteiger partial charge in [0.2, 0.25) is 0 Å². The smallest absolute Gasteiger partial charge is 0.0894 e. The minimum Gasteiger partial charge on any atom is -0.394 e. The predicted molar refractivity (Wildman–Crippen MR) is 56.2 cm³/mol. The number of likely N-dealkylation sites (tertiary alicyclic amines) is 1. The van der Waals surface area contributed by atoms with Crippen LogP contribution in [0.4, 0.5) is 0 Å². The summed E-state index contributed by atoms with van der Waals surface area (Å²) in [5, 5.41) is 20.9. The van der Waals surface area contributed by atoms with Crippen LogP contribution in [0.1, 0.15) is 19.8 Å². The molecule has 0 spiro atoms. The first-order valence-corrected chi connectivity index (χ1v) is 5.51. The minimum absolute atomic E-state index is 0.158. The molecular weight excluding hydrogens is 180 g/mol. The van der Waals surface area contributed by atoms with Crippen LogP contribution in [0, 0.1) is 0 Å². The Bertz CT molecular complexity index is 155. The van der Waals surface area contributed by atoms with Crippen molar-refractivity contribution in [1.29, 1.82) is 0 Å². The fourth-order valence-electron chi connectivity index (χ4n) is 2.02. The van der Waals surface area contributed by atoms with Gasteiger partial charge < -0.3 is 15.5 Å². The van der Waals surface area contributed by atoms with Crippen molar-refractivity contribution in [2.45, 2.75) is 31.9 Å². The van der Waals surface area contributed by atoms with Gasteiger partial charge in [-0.25, -0.2) is 0 Å². The van der Waals surface area contributed by atoms with E-state index < -0.39 is 6.10 Å². The lowest BCUT2D eigenvalue weighted by atomic mass is 10.2. The van der Waals surface area contributed by atoms with Crippen molar-refractivity contribution >= 4 is 0 Å². The number of likely N-dealkylation sites (N-methyl/N-ethyl adjacent to an activating group) is 1. The summed E-state index contributed by atoms with van der Waals surface area (Å²) in [7, 11) is 0. The molecule has 0 aromatic carbocycles. The van der Waals surface area contributed by atoms with Gasteiger partial charge in [-0.2, -0.15) is 0 Å². The Morgan fingerprint density at radius 3 is 3.00 bits per heavy atom. The number of hydrogen-bond donors (Lipinski definition) is 3. The fourth-order valence-corrected chi connectivity index (χ4v) is 2.02. The molecule has 4 heteroatoms. The summed E-state index contributed by atoms with van der Waals surface area (Å²) in [6, 6.07) is 0.617. The lowest BCUT2D eigenvalue weighted by Crippen LogP contribution is -2.40. The van der Waals surface area contributed by atoms with Gasteiger partial charge in [-0.15, -0.1) is 0 Å². The maximum Gasteiger partial charge on any atom is 0.0894 e. The van der Waals surface area contributed by atoms with Gasteiger partial charge in [0, 0.05) is 19.1 Å². The largest absolute Gasteiger partial charge is 0.394 e. The van der Waals surface area contributed by atoms with E-state index in [2.05, 4.69) is 17.1 Å². The van der Waals surface area contributed by atoms with E-state index in [0.717, 1.165) is 13.1 Å². The van der Waals surface area contributed by atoms with E-state index in [1.807, 2.05) is 0 Å². The van der Waals surface area contributed by atoms with Crippen LogP contribution in [0.25, 0.3) is 0 Å². The molecule has 0 bridgehead atoms. The van der Waals surface area contributed by atoms with E-state index in [1.165, 1.54) is 19.4 Å². The summed E-state index contributed by atoms with van der Waals surface area (Å²) in [5.74, 6) is 0. The number of nitrogens with one attached hydrogen (secondary N) is 1. The van der Waals surface area contributed by atoms with Gasteiger partial charge in [-0.05, 0) is 25.9 Å². The van der Waals surface area contributed by atoms with Crippen LogP contribution in [-0.4, -0.2) is 60.0 Å². The molecule has 1 fully saturated rings. The van der Waals surface area contributed by atoms with E-state index in [1.54, 1.807) is 0 Å². The van der Waals surface area contributed by atoms with Gasteiger partial charge in [-0.1, -0.05) is 6.92 Å². The summed E-state index contributed by atoms with van der Waals surface area (Å²) in [4.78, 5) is 2.46. The van der Waals surface area contributed by atoms with Gasteiger partial charge in [-0.3, -0.25) is 4.90 Å². The highest BCUT2D eigenvalue weighted by Gasteiger charge is 2.22. The maximum atomic E-state index is 9.13. The molecular formula is C10H22N2O2. The standard InChI is InChI=1S/C10H22N2O2/c1-2-12-5-3-4-9(12)6-11-7-10(14)8-13/h9-11,13-14H,2-8H2,1H3. The zero-order chi connectivity index (χ0) is 10.4. The normalized spacial score (nSPS) is 25.5. The molecule has 1 heterocycles. The summed E-state index contributed by atoms with van der Waals surface area (Å²) in [6.07, 6.45) is 1.91. The number of hydrogen-bond acceptors (Lipinski definition) is 4. The Labute approximate surface area is 85.9 Å². The summed E-state index contributed by atoms with van der Waals surface area (Å²) in [5.41, 5.74) is 0. The van der Waals surface area contributed by atoms with Crippen LogP contribution in [0.2, 0.25) is 0 Å². The summed E-state index contributed by atoms with van der Waals surface area (Å²) >= 11 is 0. The highest BCUT2D eigenvalue weighted by molar-refractivity contribution is 4.80. The second-order valence-electron chi connectivity index (χ2n) is 3.92. The number of aliphatic hydroxyl groups excluding tert-OH is 2. The average Bonchev–Trinajstić information content (AvgIpc) is 2.65. The van der Waals surface area contributed by atoms with Gasteiger partial charge in [0.1, 0.15) is 0 Å². The Balaban J connectivity index is 2.11. The molecule has 0 amide bonds. The van der Waals surface area contributed by atoms with Crippen molar-refractivity contribution in [3.8, 4) is 0 Å². The third-order valence-electron chi connectivity index (χ3n) is 2.88. The molecule has 0 aliphatic carbocycles. The van der Waals surface area contributed by atoms with E-state index >= 15 is 0 Å². The molecule has 0 saturated carbocycles. The maximum absolute atomic E-state index is 9.13. The third-order valence-corrected chi connectivity index (χ3v) is 2.88. The summed E-state index contributed by atoms with van der Waals surface area (Å²) < 4.78 is 0. The van der Waals surface area contributed by atoms with Crippen molar-refractivity contribution in [3.05, 3.63) is 0 Å². The number of rotatable bonds is 6. The topological polar surface area (TPSA) is 55.7 Å². The molecule has 1 aliphatic heterocycles. The fraction of sp³-hybridized carbons (Fsp3) is 1.00. The first-order valence-electron chi connectivity index (χ1n) is 5.51. The molecule has 3 N–H and O–H groups in total. The van der Waals surface area contributed by atoms with Crippen LogP contribution >= 0.6 is 0 Å². The highest BCUT2D eigenvalue weighted by Crippen LogP contribution is 2.15. The molecule has 2 atom stereocenters. The number of aliphatic hydroxyl groups is 2. The third kappa shape index (κ3) is 3.53. The van der Waals surface area contributed by atoms with Gasteiger partial charge in [0.15, 0.2) is 0 Å². The van der Waals surface area contributed by atoms with Gasteiger partial charge in [0.25, 0.3) is 0 Å². The molecule has 1 saturated heterocycles. The van der Waals surface area contributed by atoms with Crippen molar-refractivity contribution in [2.24, 2.45) is 0 Å². The first-order chi connectivity index (χ1) is 6.77. The average molecular weight is 202 g/mol. The van der Waals surface area contributed by atoms with Crippen molar-refractivity contribution in [1.82, 2.24) is 10.2 Å². The lowest BCUT2D eigenvalue weighted by Gasteiger charge is -2.23. The second-order valence-corrected chi connectivity index (χ2v) is 3.92. The Kier molecular flexibility index (Phi) is 5.40. The predicted octanol–water partition coefficient (Wildman–Crippen LogP) is -0.586. The van der Waals surface area contributed by atoms with Gasteiger partial charge in [0.05, 0.1) is 12.7 Å². The van der Waals surface area contributed by atoms with E-state index in [0.29, 0.717) is 12.6 Å². The summed E-state index contributed by atoms with van der Waals surface area (Å²) in [6.45, 7) is 5.74. The van der Waals surface area contributed by atoms with Crippen molar-refractivity contribution in [3.63, 3.8) is 0 Å². The van der Waals surface area contributed by atoms with Crippen LogP contribution in [0.3, 0.4) is 0 Å². The monoisotopic (exact) mass is 202 g/mol. The molecule has 84 valence electrons. The first kappa shape index (κ1) is 11.9. The van der Waals surface area contributed by atoms with Crippen LogP contribution < -0.4 is 5.32 Å². The van der Waals surface area contributed by atoms with Crippen LogP contribution in [0.15, 0.2) is 0 Å². The molecule has 0 radical (unpaired) electrons. The van der Waals surface area contributed by atoms with E-state index in [9.17, 15) is 0 Å². The quantitative estimate of drug-likeness (QED) is 0.539. The molecule has 14 heavy (non-hydrogen) atoms. The molecule has 0 aromatic heterocycles. The lowest BCUT2D eigenvalue weighted by molar-refractivity contribution is 0.0927. The minimum atomic E-state index is -0.619. The highest BCUT2D eigenvalue weighted by atomic mass is 16.3. The molecule has 2 unspecified atom stereocenters. The molecule has 1 aliphatic rings. The second kappa shape index (κ2) is 6.35. The van der Waals surface area contributed by atoms with Gasteiger partial charge >= 0.3 is 0 Å². The number of nitrogens with zero attached hydrogens (tertiary/aromatic N) is 1. The van der Waals surface area contributed by atoms with Crippen molar-refractivity contribution in [2.75, 3.05) is 32.8 Å². The van der Waals surface area contributed by atoms with Crippen LogP contribution in [-0.2, 0) is 0 Å². The molecule has 1 rings (SSSR count). The molecule has 4 nitrogen and oxygen atoms in total. The van der Waals surface area contributed by atoms with Crippen LogP contribution in [0.5, 0.6) is 0 Å². The molecule has 0 aromatic rings. The van der Waals surface area contributed by atoms with E-state index in [4.69, 9.17) is 10.2 Å². The SMILES string of the molecule is CCN1CCCC1CNCC(O)CO. The Morgan fingerprint density at radius 1 is 1.57 bits per heavy atom. The Morgan fingerprint density at radius 2 is 2.36 bits per heavy atom.